The third-order valence-corrected chi connectivity index (χ3v) is 3.19. The van der Waals surface area contributed by atoms with Crippen molar-refractivity contribution in [3.05, 3.63) is 46.6 Å². The summed E-state index contributed by atoms with van der Waals surface area (Å²) >= 11 is 5.77. The summed E-state index contributed by atoms with van der Waals surface area (Å²) in [6.07, 6.45) is 0.577. The smallest absolute Gasteiger partial charge is 0.256 e. The van der Waals surface area contributed by atoms with Crippen LogP contribution in [0.1, 0.15) is 22.0 Å². The predicted molar refractivity (Wildman–Crippen MR) is 76.4 cm³/mol. The maximum Gasteiger partial charge on any atom is 0.256 e. The van der Waals surface area contributed by atoms with Crippen LogP contribution in [0.3, 0.4) is 0 Å². The molecule has 2 rings (SSSR count). The number of nitrogen functional groups attached to an aromatic ring is 1. The van der Waals surface area contributed by atoms with Gasteiger partial charge in [0, 0.05) is 18.6 Å². The molecular formula is C13H15ClN4O2. The summed E-state index contributed by atoms with van der Waals surface area (Å²) in [4.78, 5) is 11.9. The van der Waals surface area contributed by atoms with Crippen LogP contribution in [0.5, 0.6) is 0 Å². The summed E-state index contributed by atoms with van der Waals surface area (Å²) in [7, 11) is 1.65. The summed E-state index contributed by atoms with van der Waals surface area (Å²) < 4.78 is 1.41. The Hall–Kier alpha value is -2.05. The zero-order valence-electron chi connectivity index (χ0n) is 10.9. The molecule has 0 saturated heterocycles. The van der Waals surface area contributed by atoms with Crippen molar-refractivity contribution in [1.82, 2.24) is 15.1 Å². The second-order valence-electron chi connectivity index (χ2n) is 4.34. The fourth-order valence-electron chi connectivity index (χ4n) is 1.71. The van der Waals surface area contributed by atoms with E-state index < -0.39 is 6.10 Å². The van der Waals surface area contributed by atoms with Gasteiger partial charge in [0.25, 0.3) is 5.91 Å². The Bertz CT molecular complexity index is 609. The van der Waals surface area contributed by atoms with E-state index in [1.54, 1.807) is 31.3 Å². The van der Waals surface area contributed by atoms with Crippen LogP contribution in [0.15, 0.2) is 30.5 Å². The molecule has 1 heterocycles. The highest BCUT2D eigenvalue weighted by Gasteiger charge is 2.15. The van der Waals surface area contributed by atoms with E-state index in [4.69, 9.17) is 17.3 Å². The second-order valence-corrected chi connectivity index (χ2v) is 4.78. The van der Waals surface area contributed by atoms with Gasteiger partial charge in [0.15, 0.2) is 0 Å². The molecule has 2 aromatic rings. The van der Waals surface area contributed by atoms with Crippen LogP contribution in [-0.4, -0.2) is 27.3 Å². The average Bonchev–Trinajstić information content (AvgIpc) is 2.77. The van der Waals surface area contributed by atoms with Gasteiger partial charge in [-0.2, -0.15) is 5.10 Å². The molecular weight excluding hydrogens is 280 g/mol. The Morgan fingerprint density at radius 3 is 2.70 bits per heavy atom. The number of hydrogen-bond acceptors (Lipinski definition) is 4. The number of rotatable bonds is 4. The number of benzene rings is 1. The lowest BCUT2D eigenvalue weighted by Gasteiger charge is -2.12. The molecule has 1 aromatic carbocycles. The molecule has 106 valence electrons. The largest absolute Gasteiger partial charge is 0.387 e. The fourth-order valence-corrected chi connectivity index (χ4v) is 1.84. The van der Waals surface area contributed by atoms with Crippen molar-refractivity contribution in [2.45, 2.75) is 6.10 Å². The first-order valence-electron chi connectivity index (χ1n) is 5.98. The summed E-state index contributed by atoms with van der Waals surface area (Å²) in [5, 5.41) is 17.1. The molecule has 1 unspecified atom stereocenters. The highest BCUT2D eigenvalue weighted by atomic mass is 35.5. The molecule has 4 N–H and O–H groups in total. The number of halogens is 1. The SMILES string of the molecule is Cn1ncc(C(=O)NCC(O)c2ccc(Cl)cc2)c1N. The molecule has 0 aliphatic carbocycles. The monoisotopic (exact) mass is 294 g/mol. The Kier molecular flexibility index (Phi) is 4.26. The number of carbonyl (C=O) groups excluding carboxylic acids is 1. The number of nitrogens with one attached hydrogen (secondary N) is 1. The molecule has 0 aliphatic rings. The van der Waals surface area contributed by atoms with E-state index in [9.17, 15) is 9.90 Å². The van der Waals surface area contributed by atoms with Crippen molar-refractivity contribution in [2.24, 2.45) is 7.05 Å². The van der Waals surface area contributed by atoms with Crippen LogP contribution in [0.4, 0.5) is 5.82 Å². The number of aromatic nitrogens is 2. The van der Waals surface area contributed by atoms with Gasteiger partial charge in [-0.15, -0.1) is 0 Å². The molecule has 0 spiro atoms. The first-order chi connectivity index (χ1) is 9.49. The van der Waals surface area contributed by atoms with Crippen molar-refractivity contribution in [2.75, 3.05) is 12.3 Å². The van der Waals surface area contributed by atoms with Crippen LogP contribution in [0.25, 0.3) is 0 Å². The number of anilines is 1. The summed E-state index contributed by atoms with van der Waals surface area (Å²) in [6, 6.07) is 6.78. The molecule has 0 aliphatic heterocycles. The first kappa shape index (κ1) is 14.4. The van der Waals surface area contributed by atoms with E-state index in [0.717, 1.165) is 0 Å². The minimum atomic E-state index is -0.811. The molecule has 0 radical (unpaired) electrons. The maximum absolute atomic E-state index is 11.9. The third kappa shape index (κ3) is 3.09. The van der Waals surface area contributed by atoms with Crippen LogP contribution in [-0.2, 0) is 7.05 Å². The number of carbonyl (C=O) groups is 1. The number of nitrogens with zero attached hydrogens (tertiary/aromatic N) is 2. The number of nitrogens with two attached hydrogens (primary N) is 1. The lowest BCUT2D eigenvalue weighted by molar-refractivity contribution is 0.0917. The van der Waals surface area contributed by atoms with Gasteiger partial charge in [-0.3, -0.25) is 9.48 Å². The number of aliphatic hydroxyl groups is 1. The molecule has 7 heteroatoms. The van der Waals surface area contributed by atoms with E-state index in [0.29, 0.717) is 10.6 Å². The molecule has 1 aromatic heterocycles. The maximum atomic E-state index is 11.9. The lowest BCUT2D eigenvalue weighted by Crippen LogP contribution is -2.28. The molecule has 6 nitrogen and oxygen atoms in total. The third-order valence-electron chi connectivity index (χ3n) is 2.94. The molecule has 0 saturated carbocycles. The molecule has 0 bridgehead atoms. The molecule has 20 heavy (non-hydrogen) atoms. The predicted octanol–water partition coefficient (Wildman–Crippen LogP) is 1.12. The number of amides is 1. The zero-order valence-corrected chi connectivity index (χ0v) is 11.6. The van der Waals surface area contributed by atoms with Crippen molar-refractivity contribution in [3.63, 3.8) is 0 Å². The lowest BCUT2D eigenvalue weighted by atomic mass is 10.1. The zero-order chi connectivity index (χ0) is 14.7. The van der Waals surface area contributed by atoms with Gasteiger partial charge < -0.3 is 16.2 Å². The second kappa shape index (κ2) is 5.94. The average molecular weight is 295 g/mol. The molecule has 0 fully saturated rings. The van der Waals surface area contributed by atoms with E-state index in [2.05, 4.69) is 10.4 Å². The van der Waals surface area contributed by atoms with Crippen molar-refractivity contribution >= 4 is 23.3 Å². The number of hydrogen-bond donors (Lipinski definition) is 3. The number of aliphatic hydroxyl groups excluding tert-OH is 1. The quantitative estimate of drug-likeness (QED) is 0.788. The Morgan fingerprint density at radius 1 is 1.50 bits per heavy atom. The molecule has 1 atom stereocenters. The van der Waals surface area contributed by atoms with Gasteiger partial charge in [0.2, 0.25) is 0 Å². The van der Waals surface area contributed by atoms with Gasteiger partial charge in [0.05, 0.1) is 12.3 Å². The number of aryl methyl sites for hydroxylation is 1. The Morgan fingerprint density at radius 2 is 2.15 bits per heavy atom. The normalized spacial score (nSPS) is 12.2. The van der Waals surface area contributed by atoms with Gasteiger partial charge in [-0.05, 0) is 17.7 Å². The van der Waals surface area contributed by atoms with Gasteiger partial charge in [-0.25, -0.2) is 0 Å². The first-order valence-corrected chi connectivity index (χ1v) is 6.36. The summed E-state index contributed by atoms with van der Waals surface area (Å²) in [5.41, 5.74) is 6.66. The fraction of sp³-hybridized carbons (Fsp3) is 0.231. The topological polar surface area (TPSA) is 93.2 Å². The Labute approximate surface area is 121 Å². The standard InChI is InChI=1S/C13H15ClN4O2/c1-18-12(15)10(6-17-18)13(20)16-7-11(19)8-2-4-9(14)5-3-8/h2-6,11,19H,7,15H2,1H3,(H,16,20). The Balaban J connectivity index is 1.96. The van der Waals surface area contributed by atoms with E-state index in [1.165, 1.54) is 10.9 Å². The van der Waals surface area contributed by atoms with Crippen LogP contribution < -0.4 is 11.1 Å². The van der Waals surface area contributed by atoms with Gasteiger partial charge in [0.1, 0.15) is 11.4 Å². The van der Waals surface area contributed by atoms with Crippen LogP contribution in [0, 0.1) is 0 Å². The highest BCUT2D eigenvalue weighted by Crippen LogP contribution is 2.16. The van der Waals surface area contributed by atoms with Gasteiger partial charge >= 0.3 is 0 Å². The van der Waals surface area contributed by atoms with E-state index in [1.807, 2.05) is 0 Å². The van der Waals surface area contributed by atoms with Crippen LogP contribution >= 0.6 is 11.6 Å². The minimum Gasteiger partial charge on any atom is -0.387 e. The van der Waals surface area contributed by atoms with Gasteiger partial charge in [-0.1, -0.05) is 23.7 Å². The highest BCUT2D eigenvalue weighted by molar-refractivity contribution is 6.30. The minimum absolute atomic E-state index is 0.0782. The summed E-state index contributed by atoms with van der Waals surface area (Å²) in [6.45, 7) is 0.0782. The van der Waals surface area contributed by atoms with Crippen molar-refractivity contribution in [1.29, 1.82) is 0 Å². The van der Waals surface area contributed by atoms with Crippen molar-refractivity contribution < 1.29 is 9.90 Å². The van der Waals surface area contributed by atoms with Crippen molar-refractivity contribution in [3.8, 4) is 0 Å². The van der Waals surface area contributed by atoms with E-state index in [-0.39, 0.29) is 23.8 Å². The van der Waals surface area contributed by atoms with E-state index >= 15 is 0 Å². The van der Waals surface area contributed by atoms with Crippen LogP contribution in [0.2, 0.25) is 5.02 Å². The summed E-state index contributed by atoms with van der Waals surface area (Å²) in [5.74, 6) is -0.0907. The molecule has 1 amide bonds.